The SMILES string of the molecule is CCC(=O)C(C)(C)NOCCNC(C)(C)C(=O)COCc1ccc([N+](=O)[O-])o1. The Morgan fingerprint density at radius 1 is 1.18 bits per heavy atom. The van der Waals surface area contributed by atoms with Crippen molar-refractivity contribution in [3.05, 3.63) is 28.0 Å². The van der Waals surface area contributed by atoms with E-state index in [0.717, 1.165) is 0 Å². The van der Waals surface area contributed by atoms with Crippen LogP contribution in [0.4, 0.5) is 5.88 Å². The second-order valence-corrected chi connectivity index (χ2v) is 7.32. The molecule has 0 spiro atoms. The lowest BCUT2D eigenvalue weighted by atomic mass is 9.99. The van der Waals surface area contributed by atoms with Crippen molar-refractivity contribution in [3.63, 3.8) is 0 Å². The summed E-state index contributed by atoms with van der Waals surface area (Å²) >= 11 is 0. The number of rotatable bonds is 14. The monoisotopic (exact) mass is 399 g/mol. The van der Waals surface area contributed by atoms with Gasteiger partial charge >= 0.3 is 5.88 Å². The molecule has 0 bridgehead atoms. The minimum Gasteiger partial charge on any atom is -0.403 e. The van der Waals surface area contributed by atoms with Gasteiger partial charge < -0.3 is 14.5 Å². The fourth-order valence-electron chi connectivity index (χ4n) is 2.21. The second kappa shape index (κ2) is 10.4. The summed E-state index contributed by atoms with van der Waals surface area (Å²) in [6.45, 7) is 9.13. The highest BCUT2D eigenvalue weighted by Crippen LogP contribution is 2.16. The zero-order valence-corrected chi connectivity index (χ0v) is 17.0. The molecular formula is C18H29N3O7. The highest BCUT2D eigenvalue weighted by molar-refractivity contribution is 5.88. The van der Waals surface area contributed by atoms with Crippen LogP contribution in [-0.2, 0) is 25.8 Å². The molecule has 0 aliphatic rings. The molecule has 1 aromatic heterocycles. The molecule has 0 amide bonds. The van der Waals surface area contributed by atoms with Gasteiger partial charge in [-0.25, -0.2) is 0 Å². The first-order valence-electron chi connectivity index (χ1n) is 9.01. The van der Waals surface area contributed by atoms with Gasteiger partial charge in [0.05, 0.1) is 23.8 Å². The van der Waals surface area contributed by atoms with E-state index in [4.69, 9.17) is 14.0 Å². The summed E-state index contributed by atoms with van der Waals surface area (Å²) < 4.78 is 10.2. The minimum absolute atomic E-state index is 0.0370. The Morgan fingerprint density at radius 3 is 2.43 bits per heavy atom. The van der Waals surface area contributed by atoms with Gasteiger partial charge in [-0.1, -0.05) is 6.92 Å². The quantitative estimate of drug-likeness (QED) is 0.273. The van der Waals surface area contributed by atoms with Gasteiger partial charge in [-0.15, -0.1) is 0 Å². The number of carbonyl (C=O) groups excluding carboxylic acids is 2. The van der Waals surface area contributed by atoms with Crippen molar-refractivity contribution in [3.8, 4) is 0 Å². The van der Waals surface area contributed by atoms with E-state index in [9.17, 15) is 19.7 Å². The molecule has 0 saturated carbocycles. The average Bonchev–Trinajstić information content (AvgIpc) is 3.09. The molecule has 1 heterocycles. The third-order valence-corrected chi connectivity index (χ3v) is 4.12. The van der Waals surface area contributed by atoms with Crippen LogP contribution in [0.1, 0.15) is 46.8 Å². The van der Waals surface area contributed by atoms with E-state index in [1.54, 1.807) is 34.6 Å². The molecule has 1 rings (SSSR count). The van der Waals surface area contributed by atoms with E-state index < -0.39 is 16.0 Å². The van der Waals surface area contributed by atoms with Crippen LogP contribution >= 0.6 is 0 Å². The van der Waals surface area contributed by atoms with Crippen LogP contribution in [-0.4, -0.2) is 47.3 Å². The molecule has 0 aliphatic heterocycles. The third kappa shape index (κ3) is 7.47. The molecule has 0 fully saturated rings. The van der Waals surface area contributed by atoms with Gasteiger partial charge in [-0.05, 0) is 33.8 Å². The normalized spacial score (nSPS) is 12.2. The average molecular weight is 399 g/mol. The number of nitro groups is 1. The van der Waals surface area contributed by atoms with Crippen molar-refractivity contribution < 1.29 is 28.5 Å². The zero-order chi connectivity index (χ0) is 21.4. The molecule has 2 N–H and O–H groups in total. The van der Waals surface area contributed by atoms with Gasteiger partial charge in [0.15, 0.2) is 11.6 Å². The minimum atomic E-state index is -0.854. The molecule has 158 valence electrons. The largest absolute Gasteiger partial charge is 0.433 e. The molecule has 0 atom stereocenters. The number of nitrogens with one attached hydrogen (secondary N) is 2. The van der Waals surface area contributed by atoms with E-state index in [1.165, 1.54) is 12.1 Å². The Kier molecular flexibility index (Phi) is 8.89. The molecule has 1 aromatic rings. The molecule has 10 heteroatoms. The van der Waals surface area contributed by atoms with Crippen LogP contribution < -0.4 is 10.8 Å². The molecule has 0 radical (unpaired) electrons. The highest BCUT2D eigenvalue weighted by atomic mass is 16.7. The summed E-state index contributed by atoms with van der Waals surface area (Å²) in [6.07, 6.45) is 0.411. The Bertz CT molecular complexity index is 682. The van der Waals surface area contributed by atoms with Crippen LogP contribution in [0.15, 0.2) is 16.5 Å². The first kappa shape index (κ1) is 23.9. The van der Waals surface area contributed by atoms with Crippen molar-refractivity contribution in [2.45, 2.75) is 58.7 Å². The van der Waals surface area contributed by atoms with E-state index >= 15 is 0 Å². The molecule has 0 unspecified atom stereocenters. The molecule has 0 aromatic carbocycles. The predicted octanol–water partition coefficient (Wildman–Crippen LogP) is 1.92. The molecule has 0 aliphatic carbocycles. The standard InChI is InChI=1S/C18H29N3O7/c1-6-14(22)18(4,5)20-27-10-9-19-17(2,3)15(23)12-26-11-13-7-8-16(28-13)21(24)25/h7-8,19-20H,6,9-12H2,1-5H3. The van der Waals surface area contributed by atoms with Crippen LogP contribution in [0.5, 0.6) is 0 Å². The maximum atomic E-state index is 12.3. The van der Waals surface area contributed by atoms with Gasteiger partial charge in [0.1, 0.15) is 23.9 Å². The number of ketones is 2. The van der Waals surface area contributed by atoms with Gasteiger partial charge in [0, 0.05) is 13.0 Å². The number of hydrogen-bond donors (Lipinski definition) is 2. The number of Topliss-reactive ketones (excluding diaryl/α,β-unsaturated/α-hetero) is 2. The van der Waals surface area contributed by atoms with Gasteiger partial charge in [-0.2, -0.15) is 5.48 Å². The third-order valence-electron chi connectivity index (χ3n) is 4.12. The van der Waals surface area contributed by atoms with Crippen LogP contribution in [0, 0.1) is 10.1 Å². The van der Waals surface area contributed by atoms with Crippen molar-refractivity contribution in [1.29, 1.82) is 0 Å². The lowest BCUT2D eigenvalue weighted by molar-refractivity contribution is -0.402. The topological polar surface area (TPSA) is 133 Å². The number of hydroxylamine groups is 1. The van der Waals surface area contributed by atoms with Gasteiger partial charge in [0.2, 0.25) is 0 Å². The lowest BCUT2D eigenvalue weighted by Crippen LogP contribution is -2.51. The lowest BCUT2D eigenvalue weighted by Gasteiger charge is -2.26. The first-order chi connectivity index (χ1) is 13.0. The number of nitrogens with zero attached hydrogens (tertiary/aromatic N) is 1. The summed E-state index contributed by atoms with van der Waals surface area (Å²) in [5, 5.41) is 13.6. The summed E-state index contributed by atoms with van der Waals surface area (Å²) in [7, 11) is 0. The fourth-order valence-corrected chi connectivity index (χ4v) is 2.21. The Labute approximate surface area is 164 Å². The second-order valence-electron chi connectivity index (χ2n) is 7.32. The number of carbonyl (C=O) groups is 2. The Hall–Kier alpha value is -2.14. The summed E-state index contributed by atoms with van der Waals surface area (Å²) in [6, 6.07) is 2.66. The number of hydrogen-bond acceptors (Lipinski definition) is 9. The number of ether oxygens (including phenoxy) is 1. The summed E-state index contributed by atoms with van der Waals surface area (Å²) in [5.41, 5.74) is 1.11. The first-order valence-corrected chi connectivity index (χ1v) is 9.01. The Balaban J connectivity index is 2.30. The molecule has 28 heavy (non-hydrogen) atoms. The van der Waals surface area contributed by atoms with Crippen molar-refractivity contribution >= 4 is 17.5 Å². The van der Waals surface area contributed by atoms with Crippen LogP contribution in [0.25, 0.3) is 0 Å². The van der Waals surface area contributed by atoms with E-state index in [2.05, 4.69) is 10.8 Å². The van der Waals surface area contributed by atoms with E-state index in [1.807, 2.05) is 0 Å². The van der Waals surface area contributed by atoms with Crippen molar-refractivity contribution in [1.82, 2.24) is 10.8 Å². The molecular weight excluding hydrogens is 370 g/mol. The van der Waals surface area contributed by atoms with Gasteiger partial charge in [0.25, 0.3) is 0 Å². The summed E-state index contributed by atoms with van der Waals surface area (Å²) in [4.78, 5) is 39.2. The molecule has 10 nitrogen and oxygen atoms in total. The van der Waals surface area contributed by atoms with Crippen molar-refractivity contribution in [2.24, 2.45) is 0 Å². The van der Waals surface area contributed by atoms with Crippen LogP contribution in [0.2, 0.25) is 0 Å². The Morgan fingerprint density at radius 2 is 1.86 bits per heavy atom. The maximum Gasteiger partial charge on any atom is 0.433 e. The van der Waals surface area contributed by atoms with Gasteiger partial charge in [-0.3, -0.25) is 24.5 Å². The summed E-state index contributed by atoms with van der Waals surface area (Å²) in [5.74, 6) is -0.253. The predicted molar refractivity (Wildman–Crippen MR) is 101 cm³/mol. The smallest absolute Gasteiger partial charge is 0.403 e. The van der Waals surface area contributed by atoms with Crippen LogP contribution in [0.3, 0.4) is 0 Å². The van der Waals surface area contributed by atoms with Crippen molar-refractivity contribution in [2.75, 3.05) is 19.8 Å². The maximum absolute atomic E-state index is 12.3. The van der Waals surface area contributed by atoms with E-state index in [0.29, 0.717) is 13.0 Å². The zero-order valence-electron chi connectivity index (χ0n) is 17.0. The number of furan rings is 1. The van der Waals surface area contributed by atoms with E-state index in [-0.39, 0.29) is 43.0 Å². The fraction of sp³-hybridized carbons (Fsp3) is 0.667. The highest BCUT2D eigenvalue weighted by Gasteiger charge is 2.28. The molecule has 0 saturated heterocycles.